The van der Waals surface area contributed by atoms with Crippen molar-refractivity contribution in [1.82, 2.24) is 10.2 Å². The van der Waals surface area contributed by atoms with E-state index >= 15 is 0 Å². The van der Waals surface area contributed by atoms with Crippen molar-refractivity contribution in [2.75, 3.05) is 46.5 Å². The fraction of sp³-hybridized carbons (Fsp3) is 0.696. The molecule has 1 saturated heterocycles. The minimum atomic E-state index is 0.00873. The molecule has 1 N–H and O–H groups in total. The van der Waals surface area contributed by atoms with E-state index in [1.807, 2.05) is 0 Å². The van der Waals surface area contributed by atoms with E-state index in [-0.39, 0.29) is 5.41 Å². The van der Waals surface area contributed by atoms with Gasteiger partial charge >= 0.3 is 0 Å². The first kappa shape index (κ1) is 22.7. The summed E-state index contributed by atoms with van der Waals surface area (Å²) in [5, 5.41) is 3.48. The zero-order valence-corrected chi connectivity index (χ0v) is 18.5. The summed E-state index contributed by atoms with van der Waals surface area (Å²) in [5.74, 6) is 1.03. The number of aryl methyl sites for hydroxylation is 1. The monoisotopic (exact) mass is 389 g/mol. The van der Waals surface area contributed by atoms with Crippen LogP contribution >= 0.6 is 0 Å². The number of hydrogen-bond donors (Lipinski definition) is 1. The maximum absolute atomic E-state index is 5.99. The van der Waals surface area contributed by atoms with Crippen LogP contribution in [0.25, 0.3) is 0 Å². The number of aliphatic imine (C=N–C) groups is 1. The highest BCUT2D eigenvalue weighted by Gasteiger charge is 2.25. The number of benzene rings is 1. The Balaban J connectivity index is 1.93. The van der Waals surface area contributed by atoms with Crippen LogP contribution in [0.4, 0.5) is 0 Å². The molecule has 0 amide bonds. The average Bonchev–Trinajstić information content (AvgIpc) is 2.69. The van der Waals surface area contributed by atoms with Crippen molar-refractivity contribution in [3.63, 3.8) is 0 Å². The largest absolute Gasteiger partial charge is 0.385 e. The molecule has 1 heterocycles. The van der Waals surface area contributed by atoms with Crippen LogP contribution in [0.15, 0.2) is 29.3 Å². The van der Waals surface area contributed by atoms with Gasteiger partial charge in [-0.3, -0.25) is 4.99 Å². The SMILES string of the molecule is CCNC(=NCC(C)(C)c1ccccc1C)N1CCC(OCCCOC)CC1. The van der Waals surface area contributed by atoms with Gasteiger partial charge in [0.25, 0.3) is 0 Å². The number of hydrogen-bond acceptors (Lipinski definition) is 3. The fourth-order valence-corrected chi connectivity index (χ4v) is 3.80. The summed E-state index contributed by atoms with van der Waals surface area (Å²) < 4.78 is 11.1. The molecule has 5 nitrogen and oxygen atoms in total. The van der Waals surface area contributed by atoms with Crippen molar-refractivity contribution in [2.24, 2.45) is 4.99 Å². The quantitative estimate of drug-likeness (QED) is 0.397. The molecule has 158 valence electrons. The minimum absolute atomic E-state index is 0.00873. The molecule has 0 bridgehead atoms. The van der Waals surface area contributed by atoms with Gasteiger partial charge < -0.3 is 19.7 Å². The van der Waals surface area contributed by atoms with E-state index in [1.165, 1.54) is 11.1 Å². The third-order valence-corrected chi connectivity index (χ3v) is 5.42. The van der Waals surface area contributed by atoms with Gasteiger partial charge in [-0.25, -0.2) is 0 Å². The number of piperidine rings is 1. The van der Waals surface area contributed by atoms with E-state index in [4.69, 9.17) is 14.5 Å². The molecule has 28 heavy (non-hydrogen) atoms. The third-order valence-electron chi connectivity index (χ3n) is 5.42. The molecule has 1 aliphatic rings. The molecule has 1 fully saturated rings. The van der Waals surface area contributed by atoms with Crippen molar-refractivity contribution in [3.05, 3.63) is 35.4 Å². The Kier molecular flexibility index (Phi) is 9.26. The van der Waals surface area contributed by atoms with Crippen LogP contribution in [0, 0.1) is 6.92 Å². The number of nitrogens with zero attached hydrogens (tertiary/aromatic N) is 2. The van der Waals surface area contributed by atoms with Crippen molar-refractivity contribution in [2.45, 2.75) is 58.5 Å². The van der Waals surface area contributed by atoms with Gasteiger partial charge in [-0.1, -0.05) is 38.1 Å². The molecule has 0 atom stereocenters. The lowest BCUT2D eigenvalue weighted by atomic mass is 9.82. The molecule has 5 heteroatoms. The minimum Gasteiger partial charge on any atom is -0.385 e. The zero-order chi connectivity index (χ0) is 20.4. The first-order chi connectivity index (χ1) is 13.5. The van der Waals surface area contributed by atoms with Gasteiger partial charge in [0, 0.05) is 45.4 Å². The van der Waals surface area contributed by atoms with Gasteiger partial charge in [0.05, 0.1) is 12.6 Å². The molecule has 0 radical (unpaired) electrons. The first-order valence-corrected chi connectivity index (χ1v) is 10.7. The second kappa shape index (κ2) is 11.4. The second-order valence-corrected chi connectivity index (χ2v) is 8.27. The van der Waals surface area contributed by atoms with Crippen molar-refractivity contribution in [3.8, 4) is 0 Å². The normalized spacial score (nSPS) is 16.5. The van der Waals surface area contributed by atoms with Crippen LogP contribution < -0.4 is 5.32 Å². The topological polar surface area (TPSA) is 46.1 Å². The van der Waals surface area contributed by atoms with E-state index in [9.17, 15) is 0 Å². The molecule has 1 aliphatic heterocycles. The first-order valence-electron chi connectivity index (χ1n) is 10.7. The van der Waals surface area contributed by atoms with E-state index in [2.05, 4.69) is 62.2 Å². The number of methoxy groups -OCH3 is 1. The lowest BCUT2D eigenvalue weighted by molar-refractivity contribution is 0.00989. The smallest absolute Gasteiger partial charge is 0.193 e. The lowest BCUT2D eigenvalue weighted by Crippen LogP contribution is -2.47. The van der Waals surface area contributed by atoms with Crippen LogP contribution in [0.2, 0.25) is 0 Å². The van der Waals surface area contributed by atoms with E-state index in [1.54, 1.807) is 7.11 Å². The van der Waals surface area contributed by atoms with Gasteiger partial charge in [0.2, 0.25) is 0 Å². The summed E-state index contributed by atoms with van der Waals surface area (Å²) in [6.07, 6.45) is 3.44. The van der Waals surface area contributed by atoms with Crippen LogP contribution in [0.5, 0.6) is 0 Å². The summed E-state index contributed by atoms with van der Waals surface area (Å²) >= 11 is 0. The number of nitrogens with one attached hydrogen (secondary N) is 1. The molecular formula is C23H39N3O2. The van der Waals surface area contributed by atoms with E-state index in [0.717, 1.165) is 64.6 Å². The lowest BCUT2D eigenvalue weighted by Gasteiger charge is -2.35. The van der Waals surface area contributed by atoms with Gasteiger partial charge in [0.15, 0.2) is 5.96 Å². The zero-order valence-electron chi connectivity index (χ0n) is 18.5. The molecule has 2 rings (SSSR count). The van der Waals surface area contributed by atoms with Gasteiger partial charge in [-0.15, -0.1) is 0 Å². The molecule has 1 aromatic carbocycles. The predicted molar refractivity (Wildman–Crippen MR) is 117 cm³/mol. The van der Waals surface area contributed by atoms with Crippen molar-refractivity contribution in [1.29, 1.82) is 0 Å². The van der Waals surface area contributed by atoms with Crippen LogP contribution in [0.3, 0.4) is 0 Å². The highest BCUT2D eigenvalue weighted by Crippen LogP contribution is 2.26. The van der Waals surface area contributed by atoms with Crippen LogP contribution in [-0.4, -0.2) is 63.5 Å². The van der Waals surface area contributed by atoms with Crippen molar-refractivity contribution >= 4 is 5.96 Å². The number of rotatable bonds is 9. The molecule has 0 unspecified atom stereocenters. The maximum atomic E-state index is 5.99. The Labute approximate surface area is 171 Å². The molecule has 0 spiro atoms. The third kappa shape index (κ3) is 6.78. The standard InChI is InChI=1S/C23H39N3O2/c1-6-24-22(25-18-23(3,4)21-11-8-7-10-19(21)2)26-14-12-20(13-15-26)28-17-9-16-27-5/h7-8,10-11,20H,6,9,12-18H2,1-5H3,(H,24,25). The highest BCUT2D eigenvalue weighted by molar-refractivity contribution is 5.80. The Bertz CT molecular complexity index is 608. The summed E-state index contributed by atoms with van der Waals surface area (Å²) in [5.41, 5.74) is 2.71. The highest BCUT2D eigenvalue weighted by atomic mass is 16.5. The second-order valence-electron chi connectivity index (χ2n) is 8.27. The molecular weight excluding hydrogens is 350 g/mol. The Morgan fingerprint density at radius 1 is 1.21 bits per heavy atom. The molecule has 0 aromatic heterocycles. The number of guanidine groups is 1. The molecule has 0 saturated carbocycles. The Morgan fingerprint density at radius 3 is 2.57 bits per heavy atom. The van der Waals surface area contributed by atoms with Gasteiger partial charge in [-0.2, -0.15) is 0 Å². The van der Waals surface area contributed by atoms with Gasteiger partial charge in [-0.05, 0) is 44.2 Å². The molecule has 0 aliphatic carbocycles. The van der Waals surface area contributed by atoms with Crippen LogP contribution in [-0.2, 0) is 14.9 Å². The van der Waals surface area contributed by atoms with E-state index < -0.39 is 0 Å². The summed E-state index contributed by atoms with van der Waals surface area (Å²) in [6.45, 7) is 14.1. The summed E-state index contributed by atoms with van der Waals surface area (Å²) in [6, 6.07) is 8.63. The Morgan fingerprint density at radius 2 is 1.93 bits per heavy atom. The van der Waals surface area contributed by atoms with Crippen molar-refractivity contribution < 1.29 is 9.47 Å². The summed E-state index contributed by atoms with van der Waals surface area (Å²) in [4.78, 5) is 7.39. The number of likely N-dealkylation sites (tertiary alicyclic amines) is 1. The Hall–Kier alpha value is -1.59. The van der Waals surface area contributed by atoms with Crippen LogP contribution in [0.1, 0.15) is 51.2 Å². The summed E-state index contributed by atoms with van der Waals surface area (Å²) in [7, 11) is 1.74. The average molecular weight is 390 g/mol. The maximum Gasteiger partial charge on any atom is 0.193 e. The van der Waals surface area contributed by atoms with E-state index in [0.29, 0.717) is 6.10 Å². The fourth-order valence-electron chi connectivity index (χ4n) is 3.80. The number of ether oxygens (including phenoxy) is 2. The molecule has 1 aromatic rings. The predicted octanol–water partition coefficient (Wildman–Crippen LogP) is 3.76. The van der Waals surface area contributed by atoms with Gasteiger partial charge in [0.1, 0.15) is 0 Å².